The molecule has 1 aromatic rings. The third kappa shape index (κ3) is 3.07. The summed E-state index contributed by atoms with van der Waals surface area (Å²) in [4.78, 5) is 16.1. The molecule has 1 saturated heterocycles. The van der Waals surface area contributed by atoms with Crippen LogP contribution in [0.15, 0.2) is 17.1 Å². The summed E-state index contributed by atoms with van der Waals surface area (Å²) < 4.78 is 0. The first-order valence-corrected chi connectivity index (χ1v) is 5.94. The smallest absolute Gasteiger partial charge is 0.266 e. The Bertz CT molecular complexity index is 396. The summed E-state index contributed by atoms with van der Waals surface area (Å²) >= 11 is 5.79. The van der Waals surface area contributed by atoms with Crippen LogP contribution in [0.2, 0.25) is 5.02 Å². The van der Waals surface area contributed by atoms with Crippen molar-refractivity contribution in [3.05, 3.63) is 33.2 Å². The Morgan fingerprint density at radius 1 is 1.38 bits per heavy atom. The second kappa shape index (κ2) is 5.48. The fourth-order valence-corrected chi connectivity index (χ4v) is 2.10. The molecule has 0 unspecified atom stereocenters. The average Bonchev–Trinajstić information content (AvgIpc) is 2.52. The molecule has 2 rings (SSSR count). The standard InChI is InChI=1S/C11H16ClN3O/c12-10-6-9(7-14-11(10)16)8-15-4-1-2-13-3-5-15/h6-7,13H,1-5,8H2,(H,14,16). The molecule has 16 heavy (non-hydrogen) atoms. The Labute approximate surface area is 99.6 Å². The molecule has 0 saturated carbocycles. The van der Waals surface area contributed by atoms with E-state index in [1.54, 1.807) is 12.3 Å². The number of nitrogens with zero attached hydrogens (tertiary/aromatic N) is 1. The largest absolute Gasteiger partial charge is 0.328 e. The van der Waals surface area contributed by atoms with Crippen molar-refractivity contribution >= 4 is 11.6 Å². The van der Waals surface area contributed by atoms with E-state index in [0.29, 0.717) is 0 Å². The second-order valence-corrected chi connectivity index (χ2v) is 4.47. The molecule has 1 aromatic heterocycles. The summed E-state index contributed by atoms with van der Waals surface area (Å²) in [5, 5.41) is 3.63. The minimum absolute atomic E-state index is 0.219. The van der Waals surface area contributed by atoms with Gasteiger partial charge in [-0.3, -0.25) is 9.69 Å². The van der Waals surface area contributed by atoms with Crippen LogP contribution in [0.25, 0.3) is 0 Å². The Morgan fingerprint density at radius 3 is 3.06 bits per heavy atom. The molecule has 4 nitrogen and oxygen atoms in total. The Hall–Kier alpha value is -0.840. The van der Waals surface area contributed by atoms with Crippen molar-refractivity contribution in [2.45, 2.75) is 13.0 Å². The van der Waals surface area contributed by atoms with E-state index in [4.69, 9.17) is 11.6 Å². The fraction of sp³-hybridized carbons (Fsp3) is 0.545. The molecule has 0 atom stereocenters. The van der Waals surface area contributed by atoms with Gasteiger partial charge in [0.15, 0.2) is 0 Å². The Kier molecular flexibility index (Phi) is 3.98. The number of rotatable bonds is 2. The highest BCUT2D eigenvalue weighted by molar-refractivity contribution is 6.30. The van der Waals surface area contributed by atoms with E-state index in [2.05, 4.69) is 15.2 Å². The first-order chi connectivity index (χ1) is 7.75. The van der Waals surface area contributed by atoms with Gasteiger partial charge in [0.1, 0.15) is 5.02 Å². The molecule has 0 aromatic carbocycles. The second-order valence-electron chi connectivity index (χ2n) is 4.06. The van der Waals surface area contributed by atoms with Crippen molar-refractivity contribution < 1.29 is 0 Å². The van der Waals surface area contributed by atoms with E-state index in [0.717, 1.165) is 44.7 Å². The number of hydrogen-bond donors (Lipinski definition) is 2. The van der Waals surface area contributed by atoms with Gasteiger partial charge in [0, 0.05) is 25.8 Å². The quantitative estimate of drug-likeness (QED) is 0.806. The predicted molar refractivity (Wildman–Crippen MR) is 64.8 cm³/mol. The number of halogens is 1. The van der Waals surface area contributed by atoms with Crippen molar-refractivity contribution in [3.63, 3.8) is 0 Å². The maximum absolute atomic E-state index is 11.1. The molecule has 0 radical (unpaired) electrons. The fourth-order valence-electron chi connectivity index (χ4n) is 1.91. The zero-order chi connectivity index (χ0) is 11.4. The average molecular weight is 242 g/mol. The van der Waals surface area contributed by atoms with E-state index in [9.17, 15) is 4.79 Å². The van der Waals surface area contributed by atoms with Crippen LogP contribution in [-0.2, 0) is 6.54 Å². The molecule has 0 amide bonds. The van der Waals surface area contributed by atoms with E-state index in [1.807, 2.05) is 0 Å². The van der Waals surface area contributed by atoms with Gasteiger partial charge in [-0.2, -0.15) is 0 Å². The van der Waals surface area contributed by atoms with Gasteiger partial charge in [-0.05, 0) is 31.1 Å². The van der Waals surface area contributed by atoms with Crippen LogP contribution in [0.4, 0.5) is 0 Å². The van der Waals surface area contributed by atoms with E-state index in [-0.39, 0.29) is 10.6 Å². The van der Waals surface area contributed by atoms with Crippen molar-refractivity contribution in [2.75, 3.05) is 26.2 Å². The van der Waals surface area contributed by atoms with E-state index >= 15 is 0 Å². The highest BCUT2D eigenvalue weighted by atomic mass is 35.5. The lowest BCUT2D eigenvalue weighted by Crippen LogP contribution is -2.28. The van der Waals surface area contributed by atoms with Gasteiger partial charge in [0.25, 0.3) is 5.56 Å². The van der Waals surface area contributed by atoms with Crippen LogP contribution in [0.3, 0.4) is 0 Å². The molecule has 0 spiro atoms. The Balaban J connectivity index is 2.02. The predicted octanol–water partition coefficient (Wildman–Crippen LogP) is 0.824. The molecular formula is C11H16ClN3O. The number of hydrogen-bond acceptors (Lipinski definition) is 3. The van der Waals surface area contributed by atoms with Gasteiger partial charge < -0.3 is 10.3 Å². The van der Waals surface area contributed by atoms with E-state index in [1.165, 1.54) is 0 Å². The van der Waals surface area contributed by atoms with Crippen LogP contribution in [0.5, 0.6) is 0 Å². The molecular weight excluding hydrogens is 226 g/mol. The maximum atomic E-state index is 11.1. The molecule has 1 fully saturated rings. The SMILES string of the molecule is O=c1[nH]cc(CN2CCCNCC2)cc1Cl. The molecule has 0 bridgehead atoms. The summed E-state index contributed by atoms with van der Waals surface area (Å²) in [5.41, 5.74) is 0.842. The summed E-state index contributed by atoms with van der Waals surface area (Å²) in [6.07, 6.45) is 2.91. The topological polar surface area (TPSA) is 48.1 Å². The van der Waals surface area contributed by atoms with Gasteiger partial charge in [-0.15, -0.1) is 0 Å². The third-order valence-corrected chi connectivity index (χ3v) is 3.04. The molecule has 1 aliphatic rings. The summed E-state index contributed by atoms with van der Waals surface area (Å²) in [6, 6.07) is 1.75. The van der Waals surface area contributed by atoms with Crippen molar-refractivity contribution in [1.82, 2.24) is 15.2 Å². The van der Waals surface area contributed by atoms with Crippen LogP contribution in [-0.4, -0.2) is 36.1 Å². The minimum Gasteiger partial charge on any atom is -0.328 e. The van der Waals surface area contributed by atoms with Crippen molar-refractivity contribution in [2.24, 2.45) is 0 Å². The maximum Gasteiger partial charge on any atom is 0.266 e. The van der Waals surface area contributed by atoms with Crippen LogP contribution in [0, 0.1) is 0 Å². The van der Waals surface area contributed by atoms with Gasteiger partial charge in [0.2, 0.25) is 0 Å². The summed E-state index contributed by atoms with van der Waals surface area (Å²) in [5.74, 6) is 0. The lowest BCUT2D eigenvalue weighted by Gasteiger charge is -2.19. The zero-order valence-corrected chi connectivity index (χ0v) is 9.89. The van der Waals surface area contributed by atoms with E-state index < -0.39 is 0 Å². The zero-order valence-electron chi connectivity index (χ0n) is 9.13. The molecule has 5 heteroatoms. The van der Waals surface area contributed by atoms with Gasteiger partial charge in [0.05, 0.1) is 0 Å². The normalized spacial score (nSPS) is 18.3. The molecule has 0 aliphatic carbocycles. The first-order valence-electron chi connectivity index (χ1n) is 5.56. The highest BCUT2D eigenvalue weighted by Crippen LogP contribution is 2.08. The van der Waals surface area contributed by atoms with Crippen LogP contribution < -0.4 is 10.9 Å². The summed E-state index contributed by atoms with van der Waals surface area (Å²) in [7, 11) is 0. The molecule has 1 aliphatic heterocycles. The van der Waals surface area contributed by atoms with Gasteiger partial charge >= 0.3 is 0 Å². The van der Waals surface area contributed by atoms with Gasteiger partial charge in [-0.25, -0.2) is 0 Å². The number of pyridine rings is 1. The van der Waals surface area contributed by atoms with Crippen molar-refractivity contribution in [1.29, 1.82) is 0 Å². The van der Waals surface area contributed by atoms with Crippen molar-refractivity contribution in [3.8, 4) is 0 Å². The first kappa shape index (κ1) is 11.6. The lowest BCUT2D eigenvalue weighted by atomic mass is 10.2. The highest BCUT2D eigenvalue weighted by Gasteiger charge is 2.09. The number of H-pyrrole nitrogens is 1. The van der Waals surface area contributed by atoms with Gasteiger partial charge in [-0.1, -0.05) is 11.6 Å². The minimum atomic E-state index is -0.219. The molecule has 2 N–H and O–H groups in total. The third-order valence-electron chi connectivity index (χ3n) is 2.76. The summed E-state index contributed by atoms with van der Waals surface area (Å²) in [6.45, 7) is 5.08. The number of nitrogens with one attached hydrogen (secondary N) is 2. The van der Waals surface area contributed by atoms with Crippen LogP contribution >= 0.6 is 11.6 Å². The van der Waals surface area contributed by atoms with Crippen LogP contribution in [0.1, 0.15) is 12.0 Å². The Morgan fingerprint density at radius 2 is 2.25 bits per heavy atom. The monoisotopic (exact) mass is 241 g/mol. The number of aromatic amines is 1. The lowest BCUT2D eigenvalue weighted by molar-refractivity contribution is 0.284. The molecule has 2 heterocycles. The number of aromatic nitrogens is 1. The molecule has 88 valence electrons.